The van der Waals surface area contributed by atoms with Crippen LogP contribution in [0.4, 0.5) is 5.82 Å². The number of rotatable bonds is 3. The second-order valence-electron chi connectivity index (χ2n) is 4.94. The Morgan fingerprint density at radius 1 is 1.39 bits per heavy atom. The summed E-state index contributed by atoms with van der Waals surface area (Å²) in [4.78, 5) is 11.6. The summed E-state index contributed by atoms with van der Waals surface area (Å²) in [5, 5.41) is 0.749. The first-order chi connectivity index (χ1) is 8.70. The lowest BCUT2D eigenvalue weighted by Gasteiger charge is -2.26. The highest BCUT2D eigenvalue weighted by molar-refractivity contribution is 7.99. The molecule has 0 bridgehead atoms. The number of nitrogens with zero attached hydrogens (tertiary/aromatic N) is 3. The van der Waals surface area contributed by atoms with Gasteiger partial charge in [0.25, 0.3) is 0 Å². The van der Waals surface area contributed by atoms with Crippen molar-refractivity contribution in [3.63, 3.8) is 0 Å². The van der Waals surface area contributed by atoms with E-state index in [1.165, 1.54) is 25.0 Å². The maximum Gasteiger partial charge on any atom is 0.150 e. The second-order valence-corrected chi connectivity index (χ2v) is 6.52. The number of aromatic nitrogens is 2. The molecule has 1 atom stereocenters. The molecule has 1 unspecified atom stereocenters. The van der Waals surface area contributed by atoms with Gasteiger partial charge in [-0.05, 0) is 32.4 Å². The van der Waals surface area contributed by atoms with Gasteiger partial charge in [0.1, 0.15) is 5.82 Å². The van der Waals surface area contributed by atoms with Crippen LogP contribution < -0.4 is 4.90 Å². The maximum atomic E-state index is 4.69. The van der Waals surface area contributed by atoms with E-state index in [1.807, 2.05) is 13.1 Å². The quantitative estimate of drug-likeness (QED) is 0.839. The van der Waals surface area contributed by atoms with E-state index in [9.17, 15) is 0 Å². The molecule has 0 spiro atoms. The zero-order chi connectivity index (χ0) is 13.0. The van der Waals surface area contributed by atoms with E-state index in [0.717, 1.165) is 35.5 Å². The lowest BCUT2D eigenvalue weighted by Crippen LogP contribution is -2.31. The molecule has 3 nitrogen and oxygen atoms in total. The summed E-state index contributed by atoms with van der Waals surface area (Å²) >= 11 is 2.08. The zero-order valence-corrected chi connectivity index (χ0v) is 12.5. The Kier molecular flexibility index (Phi) is 4.87. The van der Waals surface area contributed by atoms with Gasteiger partial charge in [0, 0.05) is 24.5 Å². The van der Waals surface area contributed by atoms with E-state index < -0.39 is 0 Å². The molecule has 2 heterocycles. The van der Waals surface area contributed by atoms with Crippen molar-refractivity contribution in [1.29, 1.82) is 0 Å². The average molecular weight is 265 g/mol. The van der Waals surface area contributed by atoms with E-state index in [2.05, 4.69) is 40.5 Å². The zero-order valence-electron chi connectivity index (χ0n) is 11.6. The third-order valence-corrected chi connectivity index (χ3v) is 4.57. The molecule has 18 heavy (non-hydrogen) atoms. The largest absolute Gasteiger partial charge is 0.354 e. The molecule has 0 amide bonds. The van der Waals surface area contributed by atoms with E-state index in [4.69, 9.17) is 0 Å². The highest BCUT2D eigenvalue weighted by Crippen LogP contribution is 2.26. The first kappa shape index (κ1) is 13.7. The molecule has 1 aromatic heterocycles. The van der Waals surface area contributed by atoms with E-state index in [-0.39, 0.29) is 0 Å². The Hall–Kier alpha value is -0.770. The van der Waals surface area contributed by atoms with Gasteiger partial charge in [0.05, 0.1) is 11.4 Å². The van der Waals surface area contributed by atoms with Crippen LogP contribution in [-0.2, 0) is 0 Å². The predicted octanol–water partition coefficient (Wildman–Crippen LogP) is 3.21. The minimum atomic E-state index is 0.749. The van der Waals surface area contributed by atoms with Crippen molar-refractivity contribution >= 4 is 17.6 Å². The Balaban J connectivity index is 2.16. The molecule has 100 valence electrons. The minimum Gasteiger partial charge on any atom is -0.354 e. The highest BCUT2D eigenvalue weighted by atomic mass is 32.2. The summed E-state index contributed by atoms with van der Waals surface area (Å²) in [7, 11) is 0. The fraction of sp³-hybridized carbons (Fsp3) is 0.714. The van der Waals surface area contributed by atoms with Crippen molar-refractivity contribution in [2.75, 3.05) is 23.7 Å². The van der Waals surface area contributed by atoms with Gasteiger partial charge in [-0.2, -0.15) is 11.8 Å². The molecule has 1 aliphatic rings. The lowest BCUT2D eigenvalue weighted by atomic mass is 10.2. The summed E-state index contributed by atoms with van der Waals surface area (Å²) in [5.41, 5.74) is 2.07. The molecule has 0 saturated carbocycles. The summed E-state index contributed by atoms with van der Waals surface area (Å²) in [5.74, 6) is 2.30. The van der Waals surface area contributed by atoms with Gasteiger partial charge in [-0.15, -0.1) is 0 Å². The topological polar surface area (TPSA) is 29.0 Å². The monoisotopic (exact) mass is 265 g/mol. The van der Waals surface area contributed by atoms with Crippen molar-refractivity contribution in [2.45, 2.75) is 45.3 Å². The van der Waals surface area contributed by atoms with Crippen LogP contribution in [0.1, 0.15) is 37.6 Å². The van der Waals surface area contributed by atoms with Crippen molar-refractivity contribution in [3.05, 3.63) is 17.6 Å². The Morgan fingerprint density at radius 3 is 3.00 bits per heavy atom. The Bertz CT molecular complexity index is 395. The molecule has 4 heteroatoms. The number of hydrogen-bond donors (Lipinski definition) is 0. The number of anilines is 1. The standard InChI is InChI=1S/C14H23N3S/c1-4-18-13-7-5-6-8-17(10-13)14-12(3)15-9-11(2)16-14/h9,13H,4-8,10H2,1-3H3. The van der Waals surface area contributed by atoms with E-state index in [0.29, 0.717) is 0 Å². The van der Waals surface area contributed by atoms with E-state index >= 15 is 0 Å². The van der Waals surface area contributed by atoms with Gasteiger partial charge in [0.15, 0.2) is 0 Å². The molecule has 0 N–H and O–H groups in total. The molecular formula is C14H23N3S. The van der Waals surface area contributed by atoms with Crippen LogP contribution in [0.15, 0.2) is 6.20 Å². The molecule has 1 fully saturated rings. The summed E-state index contributed by atoms with van der Waals surface area (Å²) < 4.78 is 0. The van der Waals surface area contributed by atoms with Gasteiger partial charge < -0.3 is 4.90 Å². The molecule has 0 aromatic carbocycles. The molecule has 1 aliphatic heterocycles. The van der Waals surface area contributed by atoms with Gasteiger partial charge in [-0.25, -0.2) is 4.98 Å². The van der Waals surface area contributed by atoms with Crippen LogP contribution in [0.2, 0.25) is 0 Å². The van der Waals surface area contributed by atoms with E-state index in [1.54, 1.807) is 0 Å². The van der Waals surface area contributed by atoms with Gasteiger partial charge >= 0.3 is 0 Å². The summed E-state index contributed by atoms with van der Waals surface area (Å²) in [6, 6.07) is 0. The molecule has 0 aliphatic carbocycles. The van der Waals surface area contributed by atoms with Crippen LogP contribution in [0.25, 0.3) is 0 Å². The van der Waals surface area contributed by atoms with Crippen LogP contribution in [-0.4, -0.2) is 34.1 Å². The molecule has 0 radical (unpaired) electrons. The minimum absolute atomic E-state index is 0.749. The molecule has 2 rings (SSSR count). The smallest absolute Gasteiger partial charge is 0.150 e. The van der Waals surface area contributed by atoms with Crippen LogP contribution in [0.5, 0.6) is 0 Å². The van der Waals surface area contributed by atoms with Gasteiger partial charge in [-0.1, -0.05) is 13.3 Å². The van der Waals surface area contributed by atoms with Crippen molar-refractivity contribution < 1.29 is 0 Å². The number of thioether (sulfide) groups is 1. The van der Waals surface area contributed by atoms with Crippen molar-refractivity contribution in [3.8, 4) is 0 Å². The van der Waals surface area contributed by atoms with Crippen LogP contribution in [0, 0.1) is 13.8 Å². The normalized spacial score (nSPS) is 20.8. The van der Waals surface area contributed by atoms with Gasteiger partial charge in [-0.3, -0.25) is 4.98 Å². The first-order valence-electron chi connectivity index (χ1n) is 6.87. The Labute approximate surface area is 114 Å². The molecule has 1 saturated heterocycles. The fourth-order valence-electron chi connectivity index (χ4n) is 2.49. The molecular weight excluding hydrogens is 242 g/mol. The third-order valence-electron chi connectivity index (χ3n) is 3.38. The number of aryl methyl sites for hydroxylation is 2. The van der Waals surface area contributed by atoms with Gasteiger partial charge in [0.2, 0.25) is 0 Å². The Morgan fingerprint density at radius 2 is 2.22 bits per heavy atom. The number of hydrogen-bond acceptors (Lipinski definition) is 4. The lowest BCUT2D eigenvalue weighted by molar-refractivity contribution is 0.735. The van der Waals surface area contributed by atoms with Crippen LogP contribution >= 0.6 is 11.8 Å². The summed E-state index contributed by atoms with van der Waals surface area (Å²) in [6.45, 7) is 8.58. The second kappa shape index (κ2) is 6.41. The molecule has 1 aromatic rings. The maximum absolute atomic E-state index is 4.69. The average Bonchev–Trinajstić information content (AvgIpc) is 2.58. The fourth-order valence-corrected chi connectivity index (χ4v) is 3.58. The van der Waals surface area contributed by atoms with Crippen molar-refractivity contribution in [2.24, 2.45) is 0 Å². The third kappa shape index (κ3) is 3.37. The van der Waals surface area contributed by atoms with Crippen molar-refractivity contribution in [1.82, 2.24) is 9.97 Å². The summed E-state index contributed by atoms with van der Waals surface area (Å²) in [6.07, 6.45) is 5.81. The highest BCUT2D eigenvalue weighted by Gasteiger charge is 2.20. The SMILES string of the molecule is CCSC1CCCCN(c2nc(C)cnc2C)C1. The van der Waals surface area contributed by atoms with Crippen LogP contribution in [0.3, 0.4) is 0 Å². The first-order valence-corrected chi connectivity index (χ1v) is 7.92. The predicted molar refractivity (Wildman–Crippen MR) is 79.5 cm³/mol.